The van der Waals surface area contributed by atoms with Crippen LogP contribution < -0.4 is 10.9 Å². The van der Waals surface area contributed by atoms with Crippen LogP contribution in [0.5, 0.6) is 0 Å². The molecule has 10 heteroatoms. The maximum Gasteiger partial charge on any atom is 0.265 e. The summed E-state index contributed by atoms with van der Waals surface area (Å²) in [7, 11) is 0. The monoisotopic (exact) mass is 464 g/mol. The van der Waals surface area contributed by atoms with Crippen molar-refractivity contribution in [3.05, 3.63) is 94.3 Å². The van der Waals surface area contributed by atoms with Crippen molar-refractivity contribution in [2.45, 2.75) is 26.8 Å². The second-order valence-corrected chi connectivity index (χ2v) is 7.99. The lowest BCUT2D eigenvalue weighted by Gasteiger charge is -2.21. The third kappa shape index (κ3) is 4.00. The molecular formula is C25H20N8O2. The van der Waals surface area contributed by atoms with E-state index in [-0.39, 0.29) is 5.56 Å². The Labute approximate surface area is 200 Å². The number of nitrogens with zero attached hydrogens (tertiary/aromatic N) is 7. The van der Waals surface area contributed by atoms with E-state index >= 15 is 0 Å². The first kappa shape index (κ1) is 21.9. The maximum absolute atomic E-state index is 14.0. The van der Waals surface area contributed by atoms with Gasteiger partial charge in [-0.1, -0.05) is 23.4 Å². The first-order valence-electron chi connectivity index (χ1n) is 10.8. The lowest BCUT2D eigenvalue weighted by molar-refractivity contribution is 0.415. The summed E-state index contributed by atoms with van der Waals surface area (Å²) < 4.78 is 6.57. The van der Waals surface area contributed by atoms with Gasteiger partial charge in [-0.15, -0.1) is 0 Å². The summed E-state index contributed by atoms with van der Waals surface area (Å²) in [5.74, 6) is 1.92. The van der Waals surface area contributed by atoms with Gasteiger partial charge in [0.1, 0.15) is 23.7 Å². The predicted molar refractivity (Wildman–Crippen MR) is 130 cm³/mol. The standard InChI is InChI=1S/C25H20N8O2/c1-14(30-24-20(26-4)13-29-16(3)31-24)21-10-17-6-5-7-19(18-11-27-15(2)28-12-18)23(17)25(34)33(21)22-8-9-35-32-22/h5-14H,1-3H3,(H,29,30,31)/t14-/m0/s1. The van der Waals surface area contributed by atoms with Gasteiger partial charge < -0.3 is 9.84 Å². The molecule has 1 aromatic carbocycles. The van der Waals surface area contributed by atoms with Crippen molar-refractivity contribution < 1.29 is 4.52 Å². The molecular weight excluding hydrogens is 444 g/mol. The number of aryl methyl sites for hydroxylation is 2. The molecule has 5 rings (SSSR count). The van der Waals surface area contributed by atoms with E-state index in [0.29, 0.717) is 40.1 Å². The Balaban J connectivity index is 1.72. The van der Waals surface area contributed by atoms with Gasteiger partial charge in [0.15, 0.2) is 5.82 Å². The van der Waals surface area contributed by atoms with Gasteiger partial charge in [0.05, 0.1) is 23.7 Å². The summed E-state index contributed by atoms with van der Waals surface area (Å²) in [4.78, 5) is 34.5. The Morgan fingerprint density at radius 1 is 1.09 bits per heavy atom. The molecule has 5 aromatic rings. The number of pyridine rings is 1. The molecule has 4 heterocycles. The Bertz CT molecular complexity index is 1630. The van der Waals surface area contributed by atoms with Gasteiger partial charge in [-0.25, -0.2) is 19.8 Å². The molecule has 0 saturated heterocycles. The maximum atomic E-state index is 14.0. The molecule has 0 aliphatic rings. The largest absolute Gasteiger partial charge is 0.371 e. The van der Waals surface area contributed by atoms with Crippen LogP contribution in [0.15, 0.2) is 64.5 Å². The van der Waals surface area contributed by atoms with Crippen LogP contribution in [0.3, 0.4) is 0 Å². The number of anilines is 1. The van der Waals surface area contributed by atoms with E-state index < -0.39 is 6.04 Å². The summed E-state index contributed by atoms with van der Waals surface area (Å²) in [5.41, 5.74) is 2.11. The summed E-state index contributed by atoms with van der Waals surface area (Å²) in [6.07, 6.45) is 6.31. The minimum absolute atomic E-state index is 0.263. The summed E-state index contributed by atoms with van der Waals surface area (Å²) >= 11 is 0. The van der Waals surface area contributed by atoms with Crippen LogP contribution in [-0.2, 0) is 0 Å². The SMILES string of the molecule is [C-]#[N+]c1cnc(C)nc1N[C@@H](C)c1cc2cccc(-c3cnc(C)nc3)c2c(=O)n1-c1ccon1. The molecule has 0 radical (unpaired) electrons. The van der Waals surface area contributed by atoms with Gasteiger partial charge in [0.25, 0.3) is 5.56 Å². The average Bonchev–Trinajstić information content (AvgIpc) is 3.38. The highest BCUT2D eigenvalue weighted by Gasteiger charge is 2.21. The molecule has 0 saturated carbocycles. The number of nitrogens with one attached hydrogen (secondary N) is 1. The van der Waals surface area contributed by atoms with Gasteiger partial charge in [-0.3, -0.25) is 14.3 Å². The number of rotatable bonds is 5. The number of hydrogen-bond donors (Lipinski definition) is 1. The van der Waals surface area contributed by atoms with E-state index in [9.17, 15) is 4.79 Å². The average molecular weight is 464 g/mol. The van der Waals surface area contributed by atoms with E-state index in [0.717, 1.165) is 16.5 Å². The first-order chi connectivity index (χ1) is 17.0. The van der Waals surface area contributed by atoms with Crippen molar-refractivity contribution in [3.8, 4) is 16.9 Å². The molecule has 0 aliphatic carbocycles. The van der Waals surface area contributed by atoms with E-state index in [4.69, 9.17) is 11.1 Å². The van der Waals surface area contributed by atoms with E-state index in [2.05, 4.69) is 35.3 Å². The van der Waals surface area contributed by atoms with Crippen molar-refractivity contribution in [2.24, 2.45) is 0 Å². The van der Waals surface area contributed by atoms with E-state index in [1.165, 1.54) is 17.0 Å². The highest BCUT2D eigenvalue weighted by Crippen LogP contribution is 2.31. The van der Waals surface area contributed by atoms with Crippen molar-refractivity contribution >= 4 is 22.3 Å². The fourth-order valence-electron chi connectivity index (χ4n) is 3.96. The molecule has 0 amide bonds. The molecule has 0 spiro atoms. The molecule has 10 nitrogen and oxygen atoms in total. The normalized spacial score (nSPS) is 11.8. The number of benzene rings is 1. The Morgan fingerprint density at radius 3 is 2.57 bits per heavy atom. The van der Waals surface area contributed by atoms with Crippen LogP contribution in [-0.4, -0.2) is 29.7 Å². The van der Waals surface area contributed by atoms with Gasteiger partial charge >= 0.3 is 0 Å². The number of aromatic nitrogens is 6. The van der Waals surface area contributed by atoms with Crippen molar-refractivity contribution in [1.29, 1.82) is 0 Å². The summed E-state index contributed by atoms with van der Waals surface area (Å²) in [6.45, 7) is 12.9. The zero-order valence-corrected chi connectivity index (χ0v) is 19.2. The topological polar surface area (TPSA) is 116 Å². The second kappa shape index (κ2) is 8.79. The molecule has 0 bridgehead atoms. The number of fused-ring (bicyclic) bond motifs is 1. The second-order valence-electron chi connectivity index (χ2n) is 7.99. The number of hydrogen-bond acceptors (Lipinski definition) is 8. The summed E-state index contributed by atoms with van der Waals surface area (Å²) in [6, 6.07) is 8.79. The fraction of sp³-hybridized carbons (Fsp3) is 0.160. The first-order valence-corrected chi connectivity index (χ1v) is 10.8. The quantitative estimate of drug-likeness (QED) is 0.376. The minimum atomic E-state index is -0.412. The molecule has 1 N–H and O–H groups in total. The Kier molecular flexibility index (Phi) is 5.51. The molecule has 172 valence electrons. The molecule has 1 atom stereocenters. The van der Waals surface area contributed by atoms with Crippen LogP contribution in [0.1, 0.15) is 30.3 Å². The molecule has 0 fully saturated rings. The molecule has 0 unspecified atom stereocenters. The van der Waals surface area contributed by atoms with E-state index in [1.807, 2.05) is 38.1 Å². The zero-order valence-electron chi connectivity index (χ0n) is 19.2. The highest BCUT2D eigenvalue weighted by molar-refractivity contribution is 5.96. The van der Waals surface area contributed by atoms with Crippen LogP contribution >= 0.6 is 0 Å². The Morgan fingerprint density at radius 2 is 1.86 bits per heavy atom. The van der Waals surface area contributed by atoms with Crippen LogP contribution in [0.25, 0.3) is 32.6 Å². The molecule has 35 heavy (non-hydrogen) atoms. The molecule has 0 aliphatic heterocycles. The highest BCUT2D eigenvalue weighted by atomic mass is 16.5. The smallest absolute Gasteiger partial charge is 0.265 e. The van der Waals surface area contributed by atoms with Crippen LogP contribution in [0.2, 0.25) is 0 Å². The summed E-state index contributed by atoms with van der Waals surface area (Å²) in [5, 5.41) is 8.55. The van der Waals surface area contributed by atoms with Crippen LogP contribution in [0, 0.1) is 20.4 Å². The van der Waals surface area contributed by atoms with Crippen molar-refractivity contribution in [3.63, 3.8) is 0 Å². The third-order valence-corrected chi connectivity index (χ3v) is 5.63. The van der Waals surface area contributed by atoms with Gasteiger partial charge in [0, 0.05) is 30.2 Å². The van der Waals surface area contributed by atoms with Crippen molar-refractivity contribution in [1.82, 2.24) is 29.7 Å². The molecule has 4 aromatic heterocycles. The zero-order chi connectivity index (χ0) is 24.5. The lowest BCUT2D eigenvalue weighted by Crippen LogP contribution is -2.26. The van der Waals surface area contributed by atoms with Gasteiger partial charge in [-0.05, 0) is 37.8 Å². The minimum Gasteiger partial charge on any atom is -0.371 e. The predicted octanol–water partition coefficient (Wildman–Crippen LogP) is 4.57. The Hall–Kier alpha value is -4.91. The van der Waals surface area contributed by atoms with Crippen LogP contribution in [0.4, 0.5) is 11.5 Å². The van der Waals surface area contributed by atoms with Gasteiger partial charge in [-0.2, -0.15) is 0 Å². The third-order valence-electron chi connectivity index (χ3n) is 5.63. The van der Waals surface area contributed by atoms with Gasteiger partial charge in [0.2, 0.25) is 5.69 Å². The lowest BCUT2D eigenvalue weighted by atomic mass is 9.99. The fourth-order valence-corrected chi connectivity index (χ4v) is 3.96. The van der Waals surface area contributed by atoms with Crippen molar-refractivity contribution in [2.75, 3.05) is 5.32 Å². The van der Waals surface area contributed by atoms with E-state index in [1.54, 1.807) is 25.4 Å².